The Bertz CT molecular complexity index is 881. The third kappa shape index (κ3) is 2.47. The number of furan rings is 1. The number of hydrogen-bond acceptors (Lipinski definition) is 5. The van der Waals surface area contributed by atoms with Crippen LogP contribution in [0.2, 0.25) is 5.02 Å². The van der Waals surface area contributed by atoms with Crippen LogP contribution in [0.4, 0.5) is 5.13 Å². The van der Waals surface area contributed by atoms with Gasteiger partial charge in [0, 0.05) is 5.56 Å². The molecule has 7 heteroatoms. The highest BCUT2D eigenvalue weighted by Gasteiger charge is 2.11. The van der Waals surface area contributed by atoms with Crippen LogP contribution in [0, 0.1) is 0 Å². The van der Waals surface area contributed by atoms with E-state index in [4.69, 9.17) is 16.0 Å². The Kier molecular flexibility index (Phi) is 3.32. The Labute approximate surface area is 135 Å². The van der Waals surface area contributed by atoms with Gasteiger partial charge in [-0.3, -0.25) is 0 Å². The zero-order chi connectivity index (χ0) is 14.9. The maximum atomic E-state index is 6.20. The van der Waals surface area contributed by atoms with Crippen LogP contribution in [-0.2, 0) is 6.54 Å². The molecule has 0 unspecified atom stereocenters. The molecular formula is C15H11ClN4OS. The number of imidazole rings is 1. The molecule has 0 fully saturated rings. The summed E-state index contributed by atoms with van der Waals surface area (Å²) in [6, 6.07) is 11.4. The summed E-state index contributed by atoms with van der Waals surface area (Å²) in [4.78, 5) is 5.40. The second kappa shape index (κ2) is 5.47. The molecule has 0 saturated carbocycles. The lowest BCUT2D eigenvalue weighted by molar-refractivity contribution is 0.518. The Hall–Kier alpha value is -2.31. The van der Waals surface area contributed by atoms with Crippen molar-refractivity contribution in [3.8, 4) is 11.3 Å². The maximum absolute atomic E-state index is 6.20. The normalized spacial score (nSPS) is 11.1. The second-order valence-corrected chi connectivity index (χ2v) is 6.04. The Morgan fingerprint density at radius 3 is 2.91 bits per heavy atom. The van der Waals surface area contributed by atoms with Gasteiger partial charge in [-0.05, 0) is 18.2 Å². The molecule has 0 amide bonds. The lowest BCUT2D eigenvalue weighted by atomic mass is 10.2. The summed E-state index contributed by atoms with van der Waals surface area (Å²) < 4.78 is 7.04. The summed E-state index contributed by atoms with van der Waals surface area (Å²) >= 11 is 7.69. The minimum absolute atomic E-state index is 0.598. The lowest BCUT2D eigenvalue weighted by Gasteiger charge is -1.99. The summed E-state index contributed by atoms with van der Waals surface area (Å²) in [6.45, 7) is 0.598. The van der Waals surface area contributed by atoms with E-state index in [-0.39, 0.29) is 0 Å². The van der Waals surface area contributed by atoms with E-state index in [1.807, 2.05) is 42.6 Å². The van der Waals surface area contributed by atoms with Crippen molar-refractivity contribution >= 4 is 33.0 Å². The van der Waals surface area contributed by atoms with Crippen LogP contribution in [0.1, 0.15) is 5.76 Å². The number of hydrogen-bond donors (Lipinski definition) is 1. The molecule has 0 aliphatic rings. The monoisotopic (exact) mass is 330 g/mol. The lowest BCUT2D eigenvalue weighted by Crippen LogP contribution is -1.98. The maximum Gasteiger partial charge on any atom is 0.214 e. The Morgan fingerprint density at radius 2 is 2.14 bits per heavy atom. The van der Waals surface area contributed by atoms with Gasteiger partial charge < -0.3 is 9.73 Å². The van der Waals surface area contributed by atoms with E-state index < -0.39 is 0 Å². The number of benzene rings is 1. The van der Waals surface area contributed by atoms with Crippen molar-refractivity contribution < 1.29 is 4.42 Å². The first-order valence-electron chi connectivity index (χ1n) is 6.67. The fourth-order valence-electron chi connectivity index (χ4n) is 2.15. The standard InChI is InChI=1S/C15H11ClN4OS/c16-12-6-2-1-5-11(12)13-9-20-15(18-13)22-14(19-20)17-8-10-4-3-7-21-10/h1-7,9H,8H2,(H,17,19). The topological polar surface area (TPSA) is 55.4 Å². The third-order valence-electron chi connectivity index (χ3n) is 3.19. The van der Waals surface area contributed by atoms with E-state index in [1.165, 1.54) is 11.3 Å². The van der Waals surface area contributed by atoms with Crippen molar-refractivity contribution in [2.75, 3.05) is 5.32 Å². The fraction of sp³-hybridized carbons (Fsp3) is 0.0667. The van der Waals surface area contributed by atoms with Crippen molar-refractivity contribution in [1.82, 2.24) is 14.6 Å². The number of anilines is 1. The fourth-order valence-corrected chi connectivity index (χ4v) is 3.16. The van der Waals surface area contributed by atoms with Gasteiger partial charge >= 0.3 is 0 Å². The van der Waals surface area contributed by atoms with Gasteiger partial charge in [0.2, 0.25) is 10.1 Å². The van der Waals surface area contributed by atoms with E-state index in [0.717, 1.165) is 27.1 Å². The first-order chi connectivity index (χ1) is 10.8. The molecule has 0 bridgehead atoms. The molecule has 3 aromatic heterocycles. The van der Waals surface area contributed by atoms with E-state index >= 15 is 0 Å². The van der Waals surface area contributed by atoms with Crippen LogP contribution in [-0.4, -0.2) is 14.6 Å². The molecule has 5 nitrogen and oxygen atoms in total. The highest BCUT2D eigenvalue weighted by atomic mass is 35.5. The van der Waals surface area contributed by atoms with Crippen molar-refractivity contribution in [1.29, 1.82) is 0 Å². The molecule has 0 aliphatic carbocycles. The molecule has 3 heterocycles. The zero-order valence-electron chi connectivity index (χ0n) is 11.4. The Morgan fingerprint density at radius 1 is 1.23 bits per heavy atom. The van der Waals surface area contributed by atoms with Gasteiger partial charge in [-0.25, -0.2) is 9.50 Å². The molecule has 22 heavy (non-hydrogen) atoms. The molecule has 0 saturated heterocycles. The summed E-state index contributed by atoms with van der Waals surface area (Å²) in [5, 5.41) is 9.17. The molecule has 0 spiro atoms. The quantitative estimate of drug-likeness (QED) is 0.605. The first-order valence-corrected chi connectivity index (χ1v) is 7.86. The average molecular weight is 331 g/mol. The number of fused-ring (bicyclic) bond motifs is 1. The number of nitrogens with one attached hydrogen (secondary N) is 1. The van der Waals surface area contributed by atoms with Crippen LogP contribution >= 0.6 is 22.9 Å². The average Bonchev–Trinajstić information content (AvgIpc) is 3.21. The molecule has 1 aromatic carbocycles. The highest BCUT2D eigenvalue weighted by Crippen LogP contribution is 2.29. The van der Waals surface area contributed by atoms with Gasteiger partial charge in [0.25, 0.3) is 0 Å². The van der Waals surface area contributed by atoms with E-state index in [9.17, 15) is 0 Å². The summed E-state index contributed by atoms with van der Waals surface area (Å²) in [5.41, 5.74) is 1.73. The Balaban J connectivity index is 1.58. The molecule has 4 aromatic rings. The molecule has 110 valence electrons. The van der Waals surface area contributed by atoms with Gasteiger partial charge in [0.05, 0.1) is 29.7 Å². The molecule has 0 atom stereocenters. The second-order valence-electron chi connectivity index (χ2n) is 4.67. The van der Waals surface area contributed by atoms with E-state index in [0.29, 0.717) is 11.6 Å². The minimum Gasteiger partial charge on any atom is -0.467 e. The van der Waals surface area contributed by atoms with E-state index in [2.05, 4.69) is 15.4 Å². The van der Waals surface area contributed by atoms with Crippen molar-refractivity contribution in [3.63, 3.8) is 0 Å². The van der Waals surface area contributed by atoms with E-state index in [1.54, 1.807) is 10.8 Å². The summed E-state index contributed by atoms with van der Waals surface area (Å²) in [7, 11) is 0. The number of nitrogens with zero attached hydrogens (tertiary/aromatic N) is 3. The number of halogens is 1. The number of rotatable bonds is 4. The molecule has 1 N–H and O–H groups in total. The van der Waals surface area contributed by atoms with Crippen molar-refractivity contribution in [3.05, 3.63) is 59.6 Å². The molecular weight excluding hydrogens is 320 g/mol. The first kappa shape index (κ1) is 13.4. The third-order valence-corrected chi connectivity index (χ3v) is 4.40. The minimum atomic E-state index is 0.598. The SMILES string of the molecule is Clc1ccccc1-c1cn2nc(NCc3ccco3)sc2n1. The summed E-state index contributed by atoms with van der Waals surface area (Å²) in [6.07, 6.45) is 3.53. The van der Waals surface area contributed by atoms with Crippen LogP contribution < -0.4 is 5.32 Å². The van der Waals surface area contributed by atoms with Crippen LogP contribution in [0.25, 0.3) is 16.2 Å². The molecule has 0 aliphatic heterocycles. The molecule has 0 radical (unpaired) electrons. The van der Waals surface area contributed by atoms with Crippen molar-refractivity contribution in [2.45, 2.75) is 6.54 Å². The van der Waals surface area contributed by atoms with Crippen molar-refractivity contribution in [2.24, 2.45) is 0 Å². The largest absolute Gasteiger partial charge is 0.467 e. The number of aromatic nitrogens is 3. The van der Waals surface area contributed by atoms with Gasteiger partial charge in [-0.1, -0.05) is 41.1 Å². The predicted octanol–water partition coefficient (Wildman–Crippen LogP) is 4.32. The van der Waals surface area contributed by atoms with Crippen LogP contribution in [0.3, 0.4) is 0 Å². The molecule has 4 rings (SSSR count). The zero-order valence-corrected chi connectivity index (χ0v) is 12.9. The van der Waals surface area contributed by atoms with Crippen LogP contribution in [0.15, 0.2) is 53.3 Å². The predicted molar refractivity (Wildman–Crippen MR) is 87.3 cm³/mol. The highest BCUT2D eigenvalue weighted by molar-refractivity contribution is 7.20. The van der Waals surface area contributed by atoms with Gasteiger partial charge in [-0.15, -0.1) is 5.10 Å². The van der Waals surface area contributed by atoms with Gasteiger partial charge in [0.1, 0.15) is 5.76 Å². The van der Waals surface area contributed by atoms with Crippen LogP contribution in [0.5, 0.6) is 0 Å². The van der Waals surface area contributed by atoms with Gasteiger partial charge in [0.15, 0.2) is 0 Å². The van der Waals surface area contributed by atoms with Gasteiger partial charge in [-0.2, -0.15) is 0 Å². The summed E-state index contributed by atoms with van der Waals surface area (Å²) in [5.74, 6) is 0.865. The smallest absolute Gasteiger partial charge is 0.214 e.